The predicted molar refractivity (Wildman–Crippen MR) is 72.2 cm³/mol. The van der Waals surface area contributed by atoms with Crippen molar-refractivity contribution in [2.24, 2.45) is 0 Å². The molecule has 1 aromatic carbocycles. The van der Waals surface area contributed by atoms with Crippen LogP contribution >= 0.6 is 0 Å². The van der Waals surface area contributed by atoms with Gasteiger partial charge in [0.1, 0.15) is 0 Å². The number of carbonyl (C=O) groups excluding carboxylic acids is 1. The van der Waals surface area contributed by atoms with Crippen molar-refractivity contribution in [2.75, 3.05) is 6.61 Å². The van der Waals surface area contributed by atoms with Crippen molar-refractivity contribution in [3.8, 4) is 0 Å². The highest BCUT2D eigenvalue weighted by Crippen LogP contribution is 2.11. The van der Waals surface area contributed by atoms with Crippen LogP contribution in [0, 0.1) is 0 Å². The summed E-state index contributed by atoms with van der Waals surface area (Å²) in [5.41, 5.74) is 1.29. The van der Waals surface area contributed by atoms with Crippen molar-refractivity contribution >= 4 is 5.78 Å². The molecule has 0 amide bonds. The van der Waals surface area contributed by atoms with Crippen LogP contribution in [-0.2, 0) is 16.0 Å². The van der Waals surface area contributed by atoms with Gasteiger partial charge in [0.2, 0.25) is 5.78 Å². The maximum Gasteiger partial charge on any atom is 0.219 e. The van der Waals surface area contributed by atoms with Crippen LogP contribution in [-0.4, -0.2) is 12.4 Å². The zero-order valence-corrected chi connectivity index (χ0v) is 10.5. The summed E-state index contributed by atoms with van der Waals surface area (Å²) in [6.45, 7) is 0.662. The molecule has 0 atom stereocenters. The zero-order valence-electron chi connectivity index (χ0n) is 10.5. The summed E-state index contributed by atoms with van der Waals surface area (Å²) in [6, 6.07) is 10.3. The lowest BCUT2D eigenvalue weighted by atomic mass is 10.1. The highest BCUT2D eigenvalue weighted by Gasteiger charge is 2.10. The first-order chi connectivity index (χ1) is 8.86. The van der Waals surface area contributed by atoms with E-state index in [4.69, 9.17) is 4.74 Å². The Hall–Kier alpha value is -1.83. The maximum atomic E-state index is 11.7. The Morgan fingerprint density at radius 3 is 2.83 bits per heavy atom. The molecule has 0 fully saturated rings. The number of aryl methyl sites for hydroxylation is 1. The number of benzene rings is 1. The Morgan fingerprint density at radius 1 is 1.28 bits per heavy atom. The second kappa shape index (κ2) is 6.80. The molecule has 2 nitrogen and oxygen atoms in total. The molecule has 0 saturated carbocycles. The van der Waals surface area contributed by atoms with Gasteiger partial charge in [0, 0.05) is 0 Å². The number of allylic oxidation sites excluding steroid dienone is 3. The predicted octanol–water partition coefficient (Wildman–Crippen LogP) is 3.44. The van der Waals surface area contributed by atoms with Gasteiger partial charge < -0.3 is 4.74 Å². The third-order valence-corrected chi connectivity index (χ3v) is 2.89. The average molecular weight is 242 g/mol. The molecule has 1 heterocycles. The van der Waals surface area contributed by atoms with Gasteiger partial charge in [0.15, 0.2) is 5.76 Å². The fourth-order valence-electron chi connectivity index (χ4n) is 1.90. The normalized spacial score (nSPS) is 15.2. The lowest BCUT2D eigenvalue weighted by molar-refractivity contribution is -0.114. The van der Waals surface area contributed by atoms with E-state index in [0.29, 0.717) is 12.4 Å². The second-order valence-corrected chi connectivity index (χ2v) is 4.35. The number of hydrogen-bond donors (Lipinski definition) is 0. The Morgan fingerprint density at radius 2 is 2.11 bits per heavy atom. The van der Waals surface area contributed by atoms with E-state index in [2.05, 4.69) is 12.1 Å². The standard InChI is InChI=1S/C16H18O2/c17-15(16-12-6-7-13-18-16)11-5-4-10-14-8-2-1-3-9-14/h1-3,5,8-9,11-12H,4,6-7,10,13H2/b11-5+. The monoisotopic (exact) mass is 242 g/mol. The SMILES string of the molecule is O=C(/C=C/CCc1ccccc1)C1=CCCCO1. The Balaban J connectivity index is 1.77. The first-order valence-corrected chi connectivity index (χ1v) is 6.44. The van der Waals surface area contributed by atoms with Gasteiger partial charge in [-0.1, -0.05) is 36.4 Å². The molecule has 0 aromatic heterocycles. The number of carbonyl (C=O) groups is 1. The fourth-order valence-corrected chi connectivity index (χ4v) is 1.90. The molecule has 2 rings (SSSR count). The highest BCUT2D eigenvalue weighted by molar-refractivity contribution is 6.02. The smallest absolute Gasteiger partial charge is 0.219 e. The van der Waals surface area contributed by atoms with E-state index in [1.807, 2.05) is 30.4 Å². The molecule has 1 aliphatic rings. The molecule has 1 aliphatic heterocycles. The van der Waals surface area contributed by atoms with Crippen molar-refractivity contribution in [1.29, 1.82) is 0 Å². The second-order valence-electron chi connectivity index (χ2n) is 4.35. The molecule has 94 valence electrons. The van der Waals surface area contributed by atoms with Crippen LogP contribution in [0.3, 0.4) is 0 Å². The van der Waals surface area contributed by atoms with Gasteiger partial charge in [-0.3, -0.25) is 4.79 Å². The first kappa shape index (κ1) is 12.6. The molecule has 2 heteroatoms. The van der Waals surface area contributed by atoms with Crippen LogP contribution in [0.1, 0.15) is 24.8 Å². The van der Waals surface area contributed by atoms with E-state index in [9.17, 15) is 4.79 Å². The minimum Gasteiger partial charge on any atom is -0.490 e. The van der Waals surface area contributed by atoms with Crippen molar-refractivity contribution < 1.29 is 9.53 Å². The van der Waals surface area contributed by atoms with Gasteiger partial charge in [-0.2, -0.15) is 0 Å². The van der Waals surface area contributed by atoms with E-state index < -0.39 is 0 Å². The van der Waals surface area contributed by atoms with Crippen LogP contribution in [0.15, 0.2) is 54.3 Å². The lowest BCUT2D eigenvalue weighted by Gasteiger charge is -2.11. The van der Waals surface area contributed by atoms with Crippen LogP contribution in [0.25, 0.3) is 0 Å². The van der Waals surface area contributed by atoms with Gasteiger partial charge >= 0.3 is 0 Å². The van der Waals surface area contributed by atoms with E-state index in [-0.39, 0.29) is 5.78 Å². The molecular formula is C16H18O2. The van der Waals surface area contributed by atoms with Gasteiger partial charge in [-0.15, -0.1) is 0 Å². The van der Waals surface area contributed by atoms with E-state index >= 15 is 0 Å². The third kappa shape index (κ3) is 3.88. The van der Waals surface area contributed by atoms with E-state index in [1.54, 1.807) is 6.08 Å². The number of hydrogen-bond acceptors (Lipinski definition) is 2. The molecule has 1 aromatic rings. The van der Waals surface area contributed by atoms with Crippen LogP contribution in [0.5, 0.6) is 0 Å². The van der Waals surface area contributed by atoms with E-state index in [0.717, 1.165) is 25.7 Å². The average Bonchev–Trinajstić information content (AvgIpc) is 2.45. The van der Waals surface area contributed by atoms with Crippen molar-refractivity contribution in [3.05, 3.63) is 59.9 Å². The summed E-state index contributed by atoms with van der Waals surface area (Å²) in [5.74, 6) is 0.500. The summed E-state index contributed by atoms with van der Waals surface area (Å²) in [4.78, 5) is 11.7. The number of rotatable bonds is 5. The Bertz CT molecular complexity index is 443. The van der Waals surface area contributed by atoms with Crippen molar-refractivity contribution in [3.63, 3.8) is 0 Å². The molecule has 0 radical (unpaired) electrons. The van der Waals surface area contributed by atoms with Gasteiger partial charge in [-0.05, 0) is 43.4 Å². The quantitative estimate of drug-likeness (QED) is 0.739. The van der Waals surface area contributed by atoms with Gasteiger partial charge in [-0.25, -0.2) is 0 Å². The molecule has 0 bridgehead atoms. The van der Waals surface area contributed by atoms with Gasteiger partial charge in [0.25, 0.3) is 0 Å². The number of ketones is 1. The summed E-state index contributed by atoms with van der Waals surface area (Å²) in [6.07, 6.45) is 9.22. The maximum absolute atomic E-state index is 11.7. The van der Waals surface area contributed by atoms with Gasteiger partial charge in [0.05, 0.1) is 6.61 Å². The molecule has 0 N–H and O–H groups in total. The summed E-state index contributed by atoms with van der Waals surface area (Å²) >= 11 is 0. The van der Waals surface area contributed by atoms with Crippen LogP contribution < -0.4 is 0 Å². The van der Waals surface area contributed by atoms with Crippen molar-refractivity contribution in [2.45, 2.75) is 25.7 Å². The third-order valence-electron chi connectivity index (χ3n) is 2.89. The highest BCUT2D eigenvalue weighted by atomic mass is 16.5. The summed E-state index contributed by atoms with van der Waals surface area (Å²) < 4.78 is 5.32. The van der Waals surface area contributed by atoms with E-state index in [1.165, 1.54) is 5.56 Å². The van der Waals surface area contributed by atoms with Crippen molar-refractivity contribution in [1.82, 2.24) is 0 Å². The van der Waals surface area contributed by atoms with Crippen LogP contribution in [0.2, 0.25) is 0 Å². The Labute approximate surface area is 108 Å². The Kier molecular flexibility index (Phi) is 4.77. The molecule has 0 spiro atoms. The first-order valence-electron chi connectivity index (χ1n) is 6.44. The minimum atomic E-state index is -0.0113. The minimum absolute atomic E-state index is 0.0113. The van der Waals surface area contributed by atoms with Crippen LogP contribution in [0.4, 0.5) is 0 Å². The topological polar surface area (TPSA) is 26.3 Å². The lowest BCUT2D eigenvalue weighted by Crippen LogP contribution is -2.08. The molecule has 18 heavy (non-hydrogen) atoms. The molecule has 0 unspecified atom stereocenters. The number of ether oxygens (including phenoxy) is 1. The summed E-state index contributed by atoms with van der Waals surface area (Å²) in [5, 5.41) is 0. The molecule has 0 aliphatic carbocycles. The molecular weight excluding hydrogens is 224 g/mol. The zero-order chi connectivity index (χ0) is 12.6. The largest absolute Gasteiger partial charge is 0.490 e. The fraction of sp³-hybridized carbons (Fsp3) is 0.312. The summed E-state index contributed by atoms with van der Waals surface area (Å²) in [7, 11) is 0. The molecule has 0 saturated heterocycles.